The van der Waals surface area contributed by atoms with E-state index >= 15 is 0 Å². The van der Waals surface area contributed by atoms with E-state index in [0.29, 0.717) is 24.1 Å². The topological polar surface area (TPSA) is 106 Å². The zero-order valence-electron chi connectivity index (χ0n) is 22.7. The minimum Gasteiger partial charge on any atom is -0.481 e. The zero-order valence-corrected chi connectivity index (χ0v) is 22.7. The molecule has 0 saturated heterocycles. The highest BCUT2D eigenvalue weighted by atomic mass is 16.5. The van der Waals surface area contributed by atoms with Crippen LogP contribution in [0.25, 0.3) is 11.1 Å². The third-order valence-corrected chi connectivity index (χ3v) is 7.39. The van der Waals surface area contributed by atoms with E-state index in [2.05, 4.69) is 33.3 Å². The van der Waals surface area contributed by atoms with Gasteiger partial charge in [0.1, 0.15) is 5.60 Å². The van der Waals surface area contributed by atoms with Crippen LogP contribution in [0.3, 0.4) is 0 Å². The number of aryl methyl sites for hydroxylation is 1. The van der Waals surface area contributed by atoms with Crippen molar-refractivity contribution in [2.24, 2.45) is 11.8 Å². The van der Waals surface area contributed by atoms with Crippen molar-refractivity contribution in [2.75, 3.05) is 19.0 Å². The quantitative estimate of drug-likeness (QED) is 0.250. The molecule has 1 saturated carbocycles. The van der Waals surface area contributed by atoms with Crippen LogP contribution in [0, 0.1) is 18.8 Å². The van der Waals surface area contributed by atoms with Crippen LogP contribution in [0.5, 0.6) is 5.88 Å². The summed E-state index contributed by atoms with van der Waals surface area (Å²) >= 11 is 0. The van der Waals surface area contributed by atoms with Crippen LogP contribution in [0.2, 0.25) is 0 Å². The number of aromatic nitrogens is 3. The van der Waals surface area contributed by atoms with Gasteiger partial charge in [-0.25, -0.2) is 4.98 Å². The third kappa shape index (κ3) is 6.67. The highest BCUT2D eigenvalue weighted by Crippen LogP contribution is 2.41. The summed E-state index contributed by atoms with van der Waals surface area (Å²) in [5.41, 5.74) is 3.45. The molecule has 3 aromatic rings. The lowest BCUT2D eigenvalue weighted by Crippen LogP contribution is -2.37. The Balaban J connectivity index is 1.42. The van der Waals surface area contributed by atoms with Gasteiger partial charge in [0.05, 0.1) is 25.3 Å². The first-order valence-electron chi connectivity index (χ1n) is 13.4. The predicted octanol–water partition coefficient (Wildman–Crippen LogP) is 5.96. The summed E-state index contributed by atoms with van der Waals surface area (Å²) in [4.78, 5) is 25.6. The Morgan fingerprint density at radius 2 is 1.89 bits per heavy atom. The lowest BCUT2D eigenvalue weighted by Gasteiger charge is -2.37. The van der Waals surface area contributed by atoms with Crippen molar-refractivity contribution in [1.82, 2.24) is 15.0 Å². The van der Waals surface area contributed by atoms with Crippen LogP contribution in [0.4, 0.5) is 11.6 Å². The molecular formula is C30H38N4O4. The van der Waals surface area contributed by atoms with Crippen molar-refractivity contribution in [1.29, 1.82) is 0 Å². The fraction of sp³-hybridized carbons (Fsp3) is 0.467. The van der Waals surface area contributed by atoms with Gasteiger partial charge in [-0.1, -0.05) is 25.5 Å². The maximum Gasteiger partial charge on any atom is 0.308 e. The number of esters is 1. The smallest absolute Gasteiger partial charge is 0.308 e. The van der Waals surface area contributed by atoms with Crippen LogP contribution in [0.1, 0.15) is 63.6 Å². The van der Waals surface area contributed by atoms with Crippen LogP contribution in [0.15, 0.2) is 48.8 Å². The molecule has 1 aliphatic rings. The van der Waals surface area contributed by atoms with E-state index in [-0.39, 0.29) is 17.8 Å². The van der Waals surface area contributed by atoms with E-state index in [0.717, 1.165) is 60.9 Å². The Kier molecular flexibility index (Phi) is 8.94. The highest BCUT2D eigenvalue weighted by Gasteiger charge is 2.39. The first-order valence-corrected chi connectivity index (χ1v) is 13.4. The van der Waals surface area contributed by atoms with Crippen molar-refractivity contribution in [3.8, 4) is 17.0 Å². The average Bonchev–Trinajstić information content (AvgIpc) is 2.93. The van der Waals surface area contributed by atoms with Gasteiger partial charge in [0.25, 0.3) is 0 Å². The van der Waals surface area contributed by atoms with Crippen LogP contribution < -0.4 is 10.1 Å². The molecule has 0 aliphatic heterocycles. The minimum absolute atomic E-state index is 0.0400. The molecule has 1 atom stereocenters. The summed E-state index contributed by atoms with van der Waals surface area (Å²) in [7, 11) is 1.57. The molecule has 1 aliphatic carbocycles. The van der Waals surface area contributed by atoms with Gasteiger partial charge >= 0.3 is 5.97 Å². The van der Waals surface area contributed by atoms with Gasteiger partial charge in [-0.2, -0.15) is 4.98 Å². The molecule has 1 fully saturated rings. The summed E-state index contributed by atoms with van der Waals surface area (Å²) in [5.74, 6) is 0.819. The van der Waals surface area contributed by atoms with Gasteiger partial charge < -0.3 is 19.9 Å². The number of benzene rings is 1. The van der Waals surface area contributed by atoms with E-state index < -0.39 is 5.60 Å². The number of anilines is 2. The SMILES string of the molecule is CCCCOC(=O)[C@H]1CC[C@H](C(C)(O)c2ccc(-c3cc(C)cc(Nc4nccc(OC)n4)c3)cn2)CC1. The molecule has 1 unspecified atom stereocenters. The number of pyridine rings is 1. The number of hydrogen-bond donors (Lipinski definition) is 2. The molecule has 38 heavy (non-hydrogen) atoms. The van der Waals surface area contributed by atoms with E-state index in [1.807, 2.05) is 38.1 Å². The minimum atomic E-state index is -1.07. The Hall–Kier alpha value is -3.52. The molecule has 8 heteroatoms. The molecule has 2 aromatic heterocycles. The second-order valence-corrected chi connectivity index (χ2v) is 10.3. The lowest BCUT2D eigenvalue weighted by atomic mass is 9.73. The van der Waals surface area contributed by atoms with Crippen LogP contribution in [-0.4, -0.2) is 39.7 Å². The number of methoxy groups -OCH3 is 1. The zero-order chi connectivity index (χ0) is 27.1. The third-order valence-electron chi connectivity index (χ3n) is 7.39. The number of aliphatic hydroxyl groups is 1. The number of nitrogens with zero attached hydrogens (tertiary/aromatic N) is 3. The standard InChI is InChI=1S/C30H38N4O4/c1-5-6-15-38-28(35)21-7-10-24(11-8-21)30(3,36)26-12-9-22(19-32-26)23-16-20(2)17-25(18-23)33-29-31-14-13-27(34-29)37-4/h9,12-14,16-19,21,24,36H,5-8,10-11,15H2,1-4H3,(H,31,33,34)/t21-,24-,30?. The molecule has 2 heterocycles. The molecule has 0 amide bonds. The van der Waals surface area contributed by atoms with Gasteiger partial charge in [-0.05, 0) is 81.2 Å². The molecule has 202 valence electrons. The van der Waals surface area contributed by atoms with E-state index in [1.165, 1.54) is 0 Å². The molecule has 8 nitrogen and oxygen atoms in total. The van der Waals surface area contributed by atoms with E-state index in [4.69, 9.17) is 9.47 Å². The van der Waals surface area contributed by atoms with Gasteiger partial charge in [0.2, 0.25) is 11.8 Å². The largest absolute Gasteiger partial charge is 0.481 e. The normalized spacial score (nSPS) is 18.9. The van der Waals surface area contributed by atoms with Gasteiger partial charge in [-0.3, -0.25) is 9.78 Å². The molecule has 0 radical (unpaired) electrons. The summed E-state index contributed by atoms with van der Waals surface area (Å²) in [5, 5.41) is 14.7. The summed E-state index contributed by atoms with van der Waals surface area (Å²) in [6.45, 7) is 6.44. The number of rotatable bonds is 10. The summed E-state index contributed by atoms with van der Waals surface area (Å²) < 4.78 is 10.6. The second kappa shape index (κ2) is 12.3. The van der Waals surface area contributed by atoms with E-state index in [9.17, 15) is 9.90 Å². The maximum atomic E-state index is 12.3. The van der Waals surface area contributed by atoms with Crippen molar-refractivity contribution < 1.29 is 19.4 Å². The molecule has 2 N–H and O–H groups in total. The Morgan fingerprint density at radius 1 is 1.11 bits per heavy atom. The summed E-state index contributed by atoms with van der Waals surface area (Å²) in [6.07, 6.45) is 8.36. The number of unbranched alkanes of at least 4 members (excludes halogenated alkanes) is 1. The fourth-order valence-electron chi connectivity index (χ4n) is 5.07. The van der Waals surface area contributed by atoms with Crippen molar-refractivity contribution in [3.63, 3.8) is 0 Å². The first kappa shape index (κ1) is 27.5. The number of ether oxygens (including phenoxy) is 2. The Morgan fingerprint density at radius 3 is 2.58 bits per heavy atom. The molecule has 0 bridgehead atoms. The van der Waals surface area contributed by atoms with Gasteiger partial charge in [0, 0.05) is 29.7 Å². The first-order chi connectivity index (χ1) is 18.3. The number of nitrogens with one attached hydrogen (secondary N) is 1. The van der Waals surface area contributed by atoms with Gasteiger partial charge in [0.15, 0.2) is 0 Å². The number of carbonyl (C=O) groups is 1. The Bertz CT molecular complexity index is 1220. The second-order valence-electron chi connectivity index (χ2n) is 10.3. The van der Waals surface area contributed by atoms with Crippen LogP contribution in [-0.2, 0) is 15.1 Å². The van der Waals surface area contributed by atoms with Crippen molar-refractivity contribution >= 4 is 17.6 Å². The maximum absolute atomic E-state index is 12.3. The fourth-order valence-corrected chi connectivity index (χ4v) is 5.07. The molecule has 0 spiro atoms. The number of carbonyl (C=O) groups excluding carboxylic acids is 1. The number of hydrogen-bond acceptors (Lipinski definition) is 8. The predicted molar refractivity (Wildman–Crippen MR) is 147 cm³/mol. The monoisotopic (exact) mass is 518 g/mol. The molecule has 1 aromatic carbocycles. The molecular weight excluding hydrogens is 480 g/mol. The average molecular weight is 519 g/mol. The van der Waals surface area contributed by atoms with Crippen molar-refractivity contribution in [3.05, 3.63) is 60.0 Å². The lowest BCUT2D eigenvalue weighted by molar-refractivity contribution is -0.151. The van der Waals surface area contributed by atoms with Crippen molar-refractivity contribution in [2.45, 2.75) is 64.9 Å². The molecule has 4 rings (SSSR count). The van der Waals surface area contributed by atoms with Crippen LogP contribution >= 0.6 is 0 Å². The van der Waals surface area contributed by atoms with Gasteiger partial charge in [-0.15, -0.1) is 0 Å². The Labute approximate surface area is 224 Å². The highest BCUT2D eigenvalue weighted by molar-refractivity contribution is 5.72. The van der Waals surface area contributed by atoms with E-state index in [1.54, 1.807) is 25.6 Å². The summed E-state index contributed by atoms with van der Waals surface area (Å²) in [6, 6.07) is 11.7.